The van der Waals surface area contributed by atoms with Gasteiger partial charge in [0.15, 0.2) is 5.78 Å². The Bertz CT molecular complexity index is 344. The lowest BCUT2D eigenvalue weighted by Gasteiger charge is -2.11. The summed E-state index contributed by atoms with van der Waals surface area (Å²) in [7, 11) is 0. The maximum absolute atomic E-state index is 12.0. The summed E-state index contributed by atoms with van der Waals surface area (Å²) < 4.78 is 0. The van der Waals surface area contributed by atoms with Crippen molar-refractivity contribution in [2.75, 3.05) is 5.33 Å². The van der Waals surface area contributed by atoms with Gasteiger partial charge < -0.3 is 0 Å². The van der Waals surface area contributed by atoms with Crippen molar-refractivity contribution in [2.24, 2.45) is 0 Å². The molecule has 0 saturated carbocycles. The fourth-order valence-corrected chi connectivity index (χ4v) is 2.17. The lowest BCUT2D eigenvalue weighted by molar-refractivity contribution is 0.0978. The lowest BCUT2D eigenvalue weighted by Crippen LogP contribution is -2.05. The Morgan fingerprint density at radius 3 is 2.56 bits per heavy atom. The number of carbonyl (C=O) groups excluding carboxylic acids is 1. The number of benzene rings is 1. The molecule has 0 aliphatic carbocycles. The number of carbonyl (C=O) groups is 1. The highest BCUT2D eigenvalue weighted by molar-refractivity contribution is 9.09. The minimum Gasteiger partial charge on any atom is -0.294 e. The molecule has 0 radical (unpaired) electrons. The van der Waals surface area contributed by atoms with Crippen molar-refractivity contribution in [1.82, 2.24) is 0 Å². The van der Waals surface area contributed by atoms with E-state index < -0.39 is 0 Å². The monoisotopic (exact) mass is 282 g/mol. The van der Waals surface area contributed by atoms with Gasteiger partial charge in [0.25, 0.3) is 0 Å². The van der Waals surface area contributed by atoms with Crippen molar-refractivity contribution in [3.8, 4) is 0 Å². The van der Waals surface area contributed by atoms with Crippen LogP contribution in [0.4, 0.5) is 0 Å². The first kappa shape index (κ1) is 13.4. The number of hydrogen-bond acceptors (Lipinski definition) is 1. The molecule has 1 aromatic rings. The van der Waals surface area contributed by atoms with Crippen LogP contribution in [0.2, 0.25) is 0 Å². The third-order valence-electron chi connectivity index (χ3n) is 2.67. The van der Waals surface area contributed by atoms with Gasteiger partial charge in [-0.25, -0.2) is 0 Å². The first-order valence-electron chi connectivity index (χ1n) is 5.85. The van der Waals surface area contributed by atoms with E-state index in [9.17, 15) is 4.79 Å². The molecule has 16 heavy (non-hydrogen) atoms. The number of rotatable bonds is 6. The predicted molar refractivity (Wildman–Crippen MR) is 72.5 cm³/mol. The third-order valence-corrected chi connectivity index (χ3v) is 3.23. The lowest BCUT2D eigenvalue weighted by atomic mass is 9.93. The molecule has 2 heteroatoms. The van der Waals surface area contributed by atoms with Crippen molar-refractivity contribution >= 4 is 21.7 Å². The molecule has 0 aliphatic heterocycles. The number of ketones is 1. The zero-order chi connectivity index (χ0) is 12.0. The Labute approximate surface area is 106 Å². The average Bonchev–Trinajstić information content (AvgIpc) is 2.29. The van der Waals surface area contributed by atoms with E-state index in [4.69, 9.17) is 0 Å². The van der Waals surface area contributed by atoms with Gasteiger partial charge in [-0.05, 0) is 24.3 Å². The van der Waals surface area contributed by atoms with E-state index in [-0.39, 0.29) is 5.78 Å². The number of alkyl halides is 1. The van der Waals surface area contributed by atoms with Gasteiger partial charge in [0, 0.05) is 17.3 Å². The molecule has 1 rings (SSSR count). The van der Waals surface area contributed by atoms with Crippen LogP contribution in [0.1, 0.15) is 54.9 Å². The van der Waals surface area contributed by atoms with Crippen LogP contribution >= 0.6 is 15.9 Å². The zero-order valence-corrected chi connectivity index (χ0v) is 11.6. The van der Waals surface area contributed by atoms with E-state index in [1.807, 2.05) is 18.2 Å². The molecule has 1 aromatic carbocycles. The molecule has 0 amide bonds. The summed E-state index contributed by atoms with van der Waals surface area (Å²) >= 11 is 3.38. The van der Waals surface area contributed by atoms with Crippen LogP contribution in [-0.4, -0.2) is 11.1 Å². The molecule has 0 spiro atoms. The predicted octanol–water partition coefficient (Wildman–Crippen LogP) is 4.56. The Balaban J connectivity index is 2.74. The second-order valence-electron chi connectivity index (χ2n) is 4.31. The maximum atomic E-state index is 12.0. The van der Waals surface area contributed by atoms with E-state index in [0.29, 0.717) is 12.3 Å². The second-order valence-corrected chi connectivity index (χ2v) is 5.10. The first-order chi connectivity index (χ1) is 7.66. The van der Waals surface area contributed by atoms with Crippen LogP contribution in [0, 0.1) is 0 Å². The van der Waals surface area contributed by atoms with Crippen molar-refractivity contribution in [1.29, 1.82) is 0 Å². The minimum atomic E-state index is 0.283. The Morgan fingerprint density at radius 1 is 1.25 bits per heavy atom. The Kier molecular flexibility index (Phi) is 5.75. The smallest absolute Gasteiger partial charge is 0.163 e. The molecule has 0 bridgehead atoms. The van der Waals surface area contributed by atoms with Gasteiger partial charge in [0.05, 0.1) is 0 Å². The summed E-state index contributed by atoms with van der Waals surface area (Å²) in [6.07, 6.45) is 2.70. The maximum Gasteiger partial charge on any atom is 0.163 e. The summed E-state index contributed by atoms with van der Waals surface area (Å²) in [4.78, 5) is 12.0. The van der Waals surface area contributed by atoms with Crippen LogP contribution < -0.4 is 0 Å². The number of hydrogen-bond donors (Lipinski definition) is 0. The summed E-state index contributed by atoms with van der Waals surface area (Å²) in [6, 6.07) is 7.96. The van der Waals surface area contributed by atoms with Gasteiger partial charge >= 0.3 is 0 Å². The number of Topliss-reactive ketones (excluding diaryl/α,β-unsaturated/α-hetero) is 1. The molecule has 0 unspecified atom stereocenters. The van der Waals surface area contributed by atoms with Crippen molar-refractivity contribution < 1.29 is 4.79 Å². The summed E-state index contributed by atoms with van der Waals surface area (Å²) in [5, 5.41) is 0.978. The van der Waals surface area contributed by atoms with Crippen molar-refractivity contribution in [3.63, 3.8) is 0 Å². The topological polar surface area (TPSA) is 17.1 Å². The fraction of sp³-hybridized carbons (Fsp3) is 0.500. The molecule has 0 aliphatic rings. The molecule has 0 N–H and O–H groups in total. The van der Waals surface area contributed by atoms with Gasteiger partial charge in [-0.1, -0.05) is 54.0 Å². The van der Waals surface area contributed by atoms with Gasteiger partial charge in [-0.2, -0.15) is 0 Å². The molecule has 1 nitrogen and oxygen atoms in total. The molecule has 0 aromatic heterocycles. The van der Waals surface area contributed by atoms with Gasteiger partial charge in [0.2, 0.25) is 0 Å². The van der Waals surface area contributed by atoms with E-state index >= 15 is 0 Å². The zero-order valence-electron chi connectivity index (χ0n) is 10.0. The molecule has 0 fully saturated rings. The summed E-state index contributed by atoms with van der Waals surface area (Å²) in [5.41, 5.74) is 2.08. The SMILES string of the molecule is CC(C)c1ccccc1C(=O)CCCCBr. The van der Waals surface area contributed by atoms with Crippen LogP contribution in [-0.2, 0) is 0 Å². The van der Waals surface area contributed by atoms with Crippen LogP contribution in [0.5, 0.6) is 0 Å². The van der Waals surface area contributed by atoms with Crippen molar-refractivity contribution in [3.05, 3.63) is 35.4 Å². The highest BCUT2D eigenvalue weighted by Crippen LogP contribution is 2.21. The largest absolute Gasteiger partial charge is 0.294 e. The van der Waals surface area contributed by atoms with Gasteiger partial charge in [-0.3, -0.25) is 4.79 Å². The molecule has 0 heterocycles. The van der Waals surface area contributed by atoms with E-state index in [1.54, 1.807) is 0 Å². The normalized spacial score (nSPS) is 10.8. The number of halogens is 1. The molecular weight excluding hydrogens is 264 g/mol. The number of unbranched alkanes of at least 4 members (excludes halogenated alkanes) is 1. The summed E-state index contributed by atoms with van der Waals surface area (Å²) in [6.45, 7) is 4.26. The molecule has 0 atom stereocenters. The van der Waals surface area contributed by atoms with Crippen LogP contribution in [0.25, 0.3) is 0 Å². The van der Waals surface area contributed by atoms with E-state index in [2.05, 4.69) is 35.8 Å². The molecular formula is C14H19BrO. The van der Waals surface area contributed by atoms with Crippen LogP contribution in [0.15, 0.2) is 24.3 Å². The standard InChI is InChI=1S/C14H19BrO/c1-11(2)12-7-3-4-8-13(12)14(16)9-5-6-10-15/h3-4,7-8,11H,5-6,9-10H2,1-2H3. The Hall–Kier alpha value is -0.630. The quantitative estimate of drug-likeness (QED) is 0.425. The molecule has 88 valence electrons. The average molecular weight is 283 g/mol. The minimum absolute atomic E-state index is 0.283. The fourth-order valence-electron chi connectivity index (χ4n) is 1.77. The summed E-state index contributed by atoms with van der Waals surface area (Å²) in [5.74, 6) is 0.696. The van der Waals surface area contributed by atoms with Gasteiger partial charge in [-0.15, -0.1) is 0 Å². The van der Waals surface area contributed by atoms with Gasteiger partial charge in [0.1, 0.15) is 0 Å². The third kappa shape index (κ3) is 3.75. The second kappa shape index (κ2) is 6.85. The highest BCUT2D eigenvalue weighted by atomic mass is 79.9. The van der Waals surface area contributed by atoms with E-state index in [0.717, 1.165) is 23.7 Å². The highest BCUT2D eigenvalue weighted by Gasteiger charge is 2.12. The van der Waals surface area contributed by atoms with Crippen LogP contribution in [0.3, 0.4) is 0 Å². The first-order valence-corrected chi connectivity index (χ1v) is 6.97. The molecule has 0 saturated heterocycles. The van der Waals surface area contributed by atoms with Crippen molar-refractivity contribution in [2.45, 2.75) is 39.0 Å². The Morgan fingerprint density at radius 2 is 1.94 bits per heavy atom. The van der Waals surface area contributed by atoms with E-state index in [1.165, 1.54) is 5.56 Å².